The number of benzene rings is 1. The third-order valence-electron chi connectivity index (χ3n) is 6.64. The topological polar surface area (TPSA) is 74.6 Å². The number of aliphatic carboxylic acids is 1. The Morgan fingerprint density at radius 3 is 2.60 bits per heavy atom. The van der Waals surface area contributed by atoms with Gasteiger partial charge in [-0.1, -0.05) is 74.3 Å². The molecule has 162 valence electrons. The SMILES string of the molecule is CCCCCC(O)c1ccc(C2C(=O)CCC2CCC2=CCC(C(=O)O)C=C2)cc1. The van der Waals surface area contributed by atoms with Gasteiger partial charge in [0, 0.05) is 12.3 Å². The van der Waals surface area contributed by atoms with E-state index in [1.165, 1.54) is 5.57 Å². The molecule has 2 aliphatic carbocycles. The number of hydrogen-bond donors (Lipinski definition) is 2. The van der Waals surface area contributed by atoms with Crippen LogP contribution in [0.2, 0.25) is 0 Å². The Hall–Kier alpha value is -2.20. The van der Waals surface area contributed by atoms with Gasteiger partial charge in [-0.3, -0.25) is 9.59 Å². The molecule has 0 aromatic heterocycles. The molecule has 4 unspecified atom stereocenters. The van der Waals surface area contributed by atoms with Gasteiger partial charge in [0.2, 0.25) is 0 Å². The molecule has 0 radical (unpaired) electrons. The fourth-order valence-corrected chi connectivity index (χ4v) is 4.75. The second-order valence-corrected chi connectivity index (χ2v) is 8.78. The Kier molecular flexibility index (Phi) is 8.03. The van der Waals surface area contributed by atoms with E-state index < -0.39 is 18.0 Å². The molecule has 0 aliphatic heterocycles. The Morgan fingerprint density at radius 2 is 1.97 bits per heavy atom. The van der Waals surface area contributed by atoms with Crippen LogP contribution in [-0.2, 0) is 9.59 Å². The first-order valence-corrected chi connectivity index (χ1v) is 11.4. The van der Waals surface area contributed by atoms with Crippen molar-refractivity contribution in [2.75, 3.05) is 0 Å². The molecular formula is C26H34O4. The van der Waals surface area contributed by atoms with Gasteiger partial charge >= 0.3 is 5.97 Å². The molecule has 4 atom stereocenters. The van der Waals surface area contributed by atoms with E-state index in [2.05, 4.69) is 6.92 Å². The van der Waals surface area contributed by atoms with E-state index in [-0.39, 0.29) is 5.92 Å². The van der Waals surface area contributed by atoms with E-state index in [0.717, 1.165) is 56.1 Å². The molecule has 0 heterocycles. The number of carboxylic acids is 1. The fourth-order valence-electron chi connectivity index (χ4n) is 4.75. The first-order chi connectivity index (χ1) is 14.5. The molecule has 1 aromatic rings. The maximum absolute atomic E-state index is 12.6. The van der Waals surface area contributed by atoms with Crippen LogP contribution in [0.1, 0.15) is 87.9 Å². The Balaban J connectivity index is 1.58. The minimum absolute atomic E-state index is 0.0591. The highest BCUT2D eigenvalue weighted by Crippen LogP contribution is 2.41. The van der Waals surface area contributed by atoms with Crippen molar-refractivity contribution in [3.05, 3.63) is 59.2 Å². The quantitative estimate of drug-likeness (QED) is 0.483. The van der Waals surface area contributed by atoms with Crippen molar-refractivity contribution < 1.29 is 19.8 Å². The van der Waals surface area contributed by atoms with Crippen molar-refractivity contribution in [2.45, 2.75) is 76.7 Å². The lowest BCUT2D eigenvalue weighted by Crippen LogP contribution is -2.14. The third kappa shape index (κ3) is 5.69. The smallest absolute Gasteiger partial charge is 0.310 e. The monoisotopic (exact) mass is 410 g/mol. The number of unbranched alkanes of at least 4 members (excludes halogenated alkanes) is 2. The molecule has 3 rings (SSSR count). The molecular weight excluding hydrogens is 376 g/mol. The molecule has 1 saturated carbocycles. The zero-order valence-electron chi connectivity index (χ0n) is 17.9. The summed E-state index contributed by atoms with van der Waals surface area (Å²) in [6, 6.07) is 8.01. The van der Waals surface area contributed by atoms with Gasteiger partial charge in [-0.2, -0.15) is 0 Å². The highest BCUT2D eigenvalue weighted by molar-refractivity contribution is 5.88. The minimum Gasteiger partial charge on any atom is -0.481 e. The van der Waals surface area contributed by atoms with Gasteiger partial charge in [-0.05, 0) is 49.1 Å². The predicted octanol–water partition coefficient (Wildman–Crippen LogP) is 5.73. The molecule has 0 saturated heterocycles. The van der Waals surface area contributed by atoms with E-state index in [4.69, 9.17) is 5.11 Å². The standard InChI is InChI=1S/C26H34O4/c1-2-3-4-5-23(27)19-12-14-21(15-13-19)25-20(16-17-24(25)28)9-6-18-7-10-22(11-8-18)26(29)30/h7-8,10,12-15,20,22-23,25,27H,2-6,9,11,16-17H2,1H3,(H,29,30). The number of aliphatic hydroxyl groups is 1. The maximum atomic E-state index is 12.6. The number of ketones is 1. The normalized spacial score (nSPS) is 24.7. The van der Waals surface area contributed by atoms with Crippen molar-refractivity contribution in [1.82, 2.24) is 0 Å². The van der Waals surface area contributed by atoms with E-state index in [9.17, 15) is 14.7 Å². The van der Waals surface area contributed by atoms with Gasteiger partial charge in [0.05, 0.1) is 12.0 Å². The van der Waals surface area contributed by atoms with Crippen LogP contribution in [0, 0.1) is 11.8 Å². The summed E-state index contributed by atoms with van der Waals surface area (Å²) < 4.78 is 0. The zero-order chi connectivity index (χ0) is 21.5. The predicted molar refractivity (Wildman–Crippen MR) is 118 cm³/mol. The van der Waals surface area contributed by atoms with E-state index in [1.807, 2.05) is 36.4 Å². The van der Waals surface area contributed by atoms with Gasteiger partial charge in [-0.25, -0.2) is 0 Å². The summed E-state index contributed by atoms with van der Waals surface area (Å²) in [5.74, 6) is -0.608. The maximum Gasteiger partial charge on any atom is 0.310 e. The van der Waals surface area contributed by atoms with Crippen molar-refractivity contribution in [1.29, 1.82) is 0 Å². The second-order valence-electron chi connectivity index (χ2n) is 8.78. The fraction of sp³-hybridized carbons (Fsp3) is 0.538. The Morgan fingerprint density at radius 1 is 1.20 bits per heavy atom. The van der Waals surface area contributed by atoms with Gasteiger partial charge < -0.3 is 10.2 Å². The van der Waals surface area contributed by atoms with Crippen LogP contribution in [-0.4, -0.2) is 22.0 Å². The minimum atomic E-state index is -0.776. The van der Waals surface area contributed by atoms with Gasteiger partial charge in [0.15, 0.2) is 0 Å². The first kappa shape index (κ1) is 22.5. The van der Waals surface area contributed by atoms with Crippen LogP contribution in [0.4, 0.5) is 0 Å². The van der Waals surface area contributed by atoms with Crippen molar-refractivity contribution in [2.24, 2.45) is 11.8 Å². The lowest BCUT2D eigenvalue weighted by atomic mass is 9.83. The Bertz CT molecular complexity index is 790. The molecule has 2 N–H and O–H groups in total. The van der Waals surface area contributed by atoms with Gasteiger partial charge in [0.1, 0.15) is 5.78 Å². The second kappa shape index (κ2) is 10.7. The average molecular weight is 411 g/mol. The van der Waals surface area contributed by atoms with Crippen LogP contribution < -0.4 is 0 Å². The lowest BCUT2D eigenvalue weighted by Gasteiger charge is -2.21. The number of Topliss-reactive ketones (excluding diaryl/α,β-unsaturated/α-hetero) is 1. The Labute approximate surface area is 179 Å². The van der Waals surface area contributed by atoms with Crippen molar-refractivity contribution in [3.63, 3.8) is 0 Å². The average Bonchev–Trinajstić information content (AvgIpc) is 3.13. The number of carbonyl (C=O) groups is 2. The summed E-state index contributed by atoms with van der Waals surface area (Å²) in [5.41, 5.74) is 3.17. The van der Waals surface area contributed by atoms with E-state index in [1.54, 1.807) is 6.08 Å². The van der Waals surface area contributed by atoms with Crippen LogP contribution in [0.25, 0.3) is 0 Å². The molecule has 1 aromatic carbocycles. The highest BCUT2D eigenvalue weighted by atomic mass is 16.4. The first-order valence-electron chi connectivity index (χ1n) is 11.4. The molecule has 2 aliphatic rings. The number of carbonyl (C=O) groups excluding carboxylic acids is 1. The molecule has 0 amide bonds. The summed E-state index contributed by atoms with van der Waals surface area (Å²) in [4.78, 5) is 23.7. The summed E-state index contributed by atoms with van der Waals surface area (Å²) >= 11 is 0. The summed E-state index contributed by atoms with van der Waals surface area (Å²) in [7, 11) is 0. The number of hydrogen-bond acceptors (Lipinski definition) is 3. The van der Waals surface area contributed by atoms with Crippen molar-refractivity contribution in [3.8, 4) is 0 Å². The largest absolute Gasteiger partial charge is 0.481 e. The molecule has 30 heavy (non-hydrogen) atoms. The van der Waals surface area contributed by atoms with E-state index >= 15 is 0 Å². The van der Waals surface area contributed by atoms with Crippen LogP contribution in [0.15, 0.2) is 48.1 Å². The third-order valence-corrected chi connectivity index (χ3v) is 6.64. The molecule has 4 nitrogen and oxygen atoms in total. The summed E-state index contributed by atoms with van der Waals surface area (Å²) in [6.07, 6.45) is 13.3. The van der Waals surface area contributed by atoms with Crippen LogP contribution in [0.5, 0.6) is 0 Å². The van der Waals surface area contributed by atoms with E-state index in [0.29, 0.717) is 24.5 Å². The molecule has 4 heteroatoms. The van der Waals surface area contributed by atoms with Gasteiger partial charge in [-0.15, -0.1) is 0 Å². The summed E-state index contributed by atoms with van der Waals surface area (Å²) in [5, 5.41) is 19.5. The zero-order valence-corrected chi connectivity index (χ0v) is 17.9. The van der Waals surface area contributed by atoms with Gasteiger partial charge in [0.25, 0.3) is 0 Å². The van der Waals surface area contributed by atoms with Crippen molar-refractivity contribution >= 4 is 11.8 Å². The highest BCUT2D eigenvalue weighted by Gasteiger charge is 2.35. The lowest BCUT2D eigenvalue weighted by molar-refractivity contribution is -0.140. The summed E-state index contributed by atoms with van der Waals surface area (Å²) in [6.45, 7) is 2.16. The number of aliphatic hydroxyl groups excluding tert-OH is 1. The molecule has 1 fully saturated rings. The molecule has 0 spiro atoms. The number of carboxylic acid groups (broad SMARTS) is 1. The number of rotatable bonds is 10. The van der Waals surface area contributed by atoms with Crippen LogP contribution in [0.3, 0.4) is 0 Å². The van der Waals surface area contributed by atoms with Crippen LogP contribution >= 0.6 is 0 Å². The number of allylic oxidation sites excluding steroid dienone is 3. The molecule has 0 bridgehead atoms.